The zero-order valence-electron chi connectivity index (χ0n) is 19.2. The number of amides is 1. The normalized spacial score (nSPS) is 20.9. The predicted molar refractivity (Wildman–Crippen MR) is 133 cm³/mol. The first-order valence-corrected chi connectivity index (χ1v) is 12.1. The van der Waals surface area contributed by atoms with Gasteiger partial charge in [-0.15, -0.1) is 0 Å². The summed E-state index contributed by atoms with van der Waals surface area (Å²) in [4.78, 5) is 19.7. The third kappa shape index (κ3) is 3.28. The summed E-state index contributed by atoms with van der Waals surface area (Å²) in [5, 5.41) is 0. The van der Waals surface area contributed by atoms with Gasteiger partial charge in [0.2, 0.25) is 0 Å². The molecule has 7 rings (SSSR count). The van der Waals surface area contributed by atoms with Crippen LogP contribution in [0.15, 0.2) is 85.2 Å². The van der Waals surface area contributed by atoms with Crippen LogP contribution < -0.4 is 0 Å². The van der Waals surface area contributed by atoms with Gasteiger partial charge in [-0.05, 0) is 46.4 Å². The van der Waals surface area contributed by atoms with Crippen LogP contribution in [0.5, 0.6) is 0 Å². The molecule has 2 aromatic heterocycles. The van der Waals surface area contributed by atoms with Crippen molar-refractivity contribution in [1.82, 2.24) is 14.3 Å². The zero-order valence-corrected chi connectivity index (χ0v) is 19.2. The molecule has 174 valence electrons. The Morgan fingerprint density at radius 3 is 2.51 bits per heavy atom. The van der Waals surface area contributed by atoms with Crippen LogP contribution in [0.1, 0.15) is 29.2 Å². The molecular weight excluding hydrogens is 438 g/mol. The van der Waals surface area contributed by atoms with E-state index < -0.39 is 0 Å². The third-order valence-corrected chi connectivity index (χ3v) is 7.50. The Hall–Kier alpha value is -3.90. The molecule has 0 radical (unpaired) electrons. The number of hydrogen-bond acceptors (Lipinski definition) is 4. The summed E-state index contributed by atoms with van der Waals surface area (Å²) >= 11 is 0. The quantitative estimate of drug-likeness (QED) is 0.422. The first kappa shape index (κ1) is 20.5. The van der Waals surface area contributed by atoms with Crippen molar-refractivity contribution < 1.29 is 14.3 Å². The van der Waals surface area contributed by atoms with E-state index in [0.29, 0.717) is 19.8 Å². The van der Waals surface area contributed by atoms with E-state index in [2.05, 4.69) is 70.1 Å². The van der Waals surface area contributed by atoms with Gasteiger partial charge in [0.05, 0.1) is 31.0 Å². The maximum absolute atomic E-state index is 13.4. The van der Waals surface area contributed by atoms with Gasteiger partial charge in [-0.2, -0.15) is 0 Å². The zero-order chi connectivity index (χ0) is 23.4. The number of nitrogens with zero attached hydrogens (tertiary/aromatic N) is 3. The molecule has 0 spiro atoms. The molecule has 4 heterocycles. The SMILES string of the molecule is O=C(OCC1c2ccccc2-c2ccccc21)N1C2C=C(c3cccc4nccn34)CC1COC2. The van der Waals surface area contributed by atoms with Crippen molar-refractivity contribution in [2.45, 2.75) is 24.4 Å². The highest BCUT2D eigenvalue weighted by Gasteiger charge is 2.40. The molecule has 2 unspecified atom stereocenters. The van der Waals surface area contributed by atoms with E-state index >= 15 is 0 Å². The average molecular weight is 464 g/mol. The minimum absolute atomic E-state index is 0.0526. The Morgan fingerprint density at radius 1 is 0.971 bits per heavy atom. The smallest absolute Gasteiger partial charge is 0.410 e. The fourth-order valence-corrected chi connectivity index (χ4v) is 5.95. The van der Waals surface area contributed by atoms with E-state index in [1.165, 1.54) is 27.8 Å². The molecule has 2 atom stereocenters. The second kappa shape index (κ2) is 8.10. The molecule has 35 heavy (non-hydrogen) atoms. The second-order valence-electron chi connectivity index (χ2n) is 9.43. The minimum Gasteiger partial charge on any atom is -0.448 e. The summed E-state index contributed by atoms with van der Waals surface area (Å²) in [5.74, 6) is 0.0529. The van der Waals surface area contributed by atoms with Gasteiger partial charge < -0.3 is 13.9 Å². The number of hydrogen-bond donors (Lipinski definition) is 0. The van der Waals surface area contributed by atoms with Gasteiger partial charge in [-0.3, -0.25) is 4.90 Å². The Balaban J connectivity index is 1.14. The summed E-state index contributed by atoms with van der Waals surface area (Å²) < 4.78 is 13.9. The van der Waals surface area contributed by atoms with E-state index in [1.807, 2.05) is 29.4 Å². The average Bonchev–Trinajstić information content (AvgIpc) is 3.49. The molecule has 6 nitrogen and oxygen atoms in total. The lowest BCUT2D eigenvalue weighted by Crippen LogP contribution is -2.56. The number of aromatic nitrogens is 2. The highest BCUT2D eigenvalue weighted by molar-refractivity contribution is 5.79. The van der Waals surface area contributed by atoms with Gasteiger partial charge in [-0.25, -0.2) is 9.78 Å². The number of carbonyl (C=O) groups is 1. The van der Waals surface area contributed by atoms with Crippen molar-refractivity contribution in [2.24, 2.45) is 0 Å². The number of benzene rings is 2. The fourth-order valence-electron chi connectivity index (χ4n) is 5.95. The lowest BCUT2D eigenvalue weighted by Gasteiger charge is -2.44. The van der Waals surface area contributed by atoms with Crippen LogP contribution in [-0.2, 0) is 9.47 Å². The lowest BCUT2D eigenvalue weighted by atomic mass is 9.92. The molecule has 2 bridgehead atoms. The maximum atomic E-state index is 13.4. The van der Waals surface area contributed by atoms with Crippen LogP contribution in [-0.4, -0.2) is 52.3 Å². The number of rotatable bonds is 3. The Kier molecular flexibility index (Phi) is 4.74. The molecule has 2 aliphatic heterocycles. The number of carbonyl (C=O) groups excluding carboxylic acids is 1. The molecule has 1 amide bonds. The van der Waals surface area contributed by atoms with E-state index in [9.17, 15) is 4.79 Å². The van der Waals surface area contributed by atoms with E-state index in [-0.39, 0.29) is 24.1 Å². The minimum atomic E-state index is -0.263. The molecular formula is C29H25N3O3. The molecule has 1 fully saturated rings. The van der Waals surface area contributed by atoms with Crippen LogP contribution in [0.25, 0.3) is 22.3 Å². The molecule has 6 heteroatoms. The Labute approximate surface area is 203 Å². The molecule has 2 aromatic carbocycles. The molecule has 3 aliphatic rings. The summed E-state index contributed by atoms with van der Waals surface area (Å²) in [6.07, 6.45) is 6.41. The standard InChI is InChI=1S/C29H25N3O3/c33-29(35-18-26-24-8-3-1-6-22(24)23-7-2-4-9-25(23)26)32-20-14-19(15-21(32)17-34-16-20)27-10-5-11-28-30-12-13-31(27)28/h1-14,20-21,26H,15-18H2. The maximum Gasteiger partial charge on any atom is 0.410 e. The molecule has 4 aromatic rings. The third-order valence-electron chi connectivity index (χ3n) is 7.50. The van der Waals surface area contributed by atoms with Gasteiger partial charge in [0, 0.05) is 18.3 Å². The first-order chi connectivity index (χ1) is 17.3. The van der Waals surface area contributed by atoms with Crippen molar-refractivity contribution in [3.63, 3.8) is 0 Å². The van der Waals surface area contributed by atoms with Crippen LogP contribution in [0, 0.1) is 0 Å². The summed E-state index contributed by atoms with van der Waals surface area (Å²) in [5.41, 5.74) is 8.16. The van der Waals surface area contributed by atoms with E-state index in [1.54, 1.807) is 0 Å². The van der Waals surface area contributed by atoms with E-state index in [4.69, 9.17) is 9.47 Å². The van der Waals surface area contributed by atoms with Crippen molar-refractivity contribution in [2.75, 3.05) is 19.8 Å². The number of morpholine rings is 1. The Morgan fingerprint density at radius 2 is 1.74 bits per heavy atom. The Bertz CT molecular complexity index is 1430. The predicted octanol–water partition coefficient (Wildman–Crippen LogP) is 5.14. The largest absolute Gasteiger partial charge is 0.448 e. The second-order valence-corrected chi connectivity index (χ2v) is 9.43. The van der Waals surface area contributed by atoms with Crippen molar-refractivity contribution in [1.29, 1.82) is 0 Å². The number of ether oxygens (including phenoxy) is 2. The lowest BCUT2D eigenvalue weighted by molar-refractivity contribution is -0.0332. The monoisotopic (exact) mass is 463 g/mol. The molecule has 1 saturated heterocycles. The highest BCUT2D eigenvalue weighted by atomic mass is 16.6. The van der Waals surface area contributed by atoms with Crippen molar-refractivity contribution in [3.8, 4) is 11.1 Å². The van der Waals surface area contributed by atoms with E-state index in [0.717, 1.165) is 17.8 Å². The highest BCUT2D eigenvalue weighted by Crippen LogP contribution is 2.44. The van der Waals surface area contributed by atoms with Crippen LogP contribution >= 0.6 is 0 Å². The van der Waals surface area contributed by atoms with Gasteiger partial charge in [0.1, 0.15) is 12.3 Å². The summed E-state index contributed by atoms with van der Waals surface area (Å²) in [6.45, 7) is 1.32. The fraction of sp³-hybridized carbons (Fsp3) is 0.241. The summed E-state index contributed by atoms with van der Waals surface area (Å²) in [6, 6.07) is 22.8. The number of pyridine rings is 1. The van der Waals surface area contributed by atoms with Gasteiger partial charge in [0.25, 0.3) is 0 Å². The number of imidazole rings is 1. The number of fused-ring (bicyclic) bond motifs is 6. The van der Waals surface area contributed by atoms with Crippen LogP contribution in [0.2, 0.25) is 0 Å². The van der Waals surface area contributed by atoms with Crippen LogP contribution in [0.3, 0.4) is 0 Å². The molecule has 1 aliphatic carbocycles. The topological polar surface area (TPSA) is 56.1 Å². The summed E-state index contributed by atoms with van der Waals surface area (Å²) in [7, 11) is 0. The first-order valence-electron chi connectivity index (χ1n) is 12.1. The van der Waals surface area contributed by atoms with Gasteiger partial charge in [-0.1, -0.05) is 60.7 Å². The van der Waals surface area contributed by atoms with Crippen molar-refractivity contribution in [3.05, 3.63) is 102 Å². The molecule has 0 N–H and O–H groups in total. The van der Waals surface area contributed by atoms with Crippen molar-refractivity contribution >= 4 is 17.3 Å². The van der Waals surface area contributed by atoms with Crippen LogP contribution in [0.4, 0.5) is 4.79 Å². The van der Waals surface area contributed by atoms with Gasteiger partial charge >= 0.3 is 6.09 Å². The molecule has 0 saturated carbocycles. The van der Waals surface area contributed by atoms with Gasteiger partial charge in [0.15, 0.2) is 0 Å².